The SMILES string of the molecule is COC(=O)c1ccc(-n2nnnc2SCC(=O)Nc2cccc(C(C)=O)c2)cc1. The molecule has 0 fully saturated rings. The van der Waals surface area contributed by atoms with Crippen LogP contribution >= 0.6 is 11.8 Å². The number of amides is 1. The van der Waals surface area contributed by atoms with Crippen LogP contribution in [-0.2, 0) is 9.53 Å². The topological polar surface area (TPSA) is 116 Å². The van der Waals surface area contributed by atoms with Crippen molar-refractivity contribution in [2.24, 2.45) is 0 Å². The van der Waals surface area contributed by atoms with Gasteiger partial charge >= 0.3 is 5.97 Å². The van der Waals surface area contributed by atoms with E-state index in [-0.39, 0.29) is 17.4 Å². The van der Waals surface area contributed by atoms with Gasteiger partial charge in [-0.3, -0.25) is 9.59 Å². The molecular formula is C19H17N5O4S. The fraction of sp³-hybridized carbons (Fsp3) is 0.158. The number of benzene rings is 2. The number of hydrogen-bond acceptors (Lipinski definition) is 8. The van der Waals surface area contributed by atoms with Gasteiger partial charge < -0.3 is 10.1 Å². The van der Waals surface area contributed by atoms with Gasteiger partial charge in [0.2, 0.25) is 11.1 Å². The molecule has 0 unspecified atom stereocenters. The fourth-order valence-corrected chi connectivity index (χ4v) is 3.12. The van der Waals surface area contributed by atoms with E-state index in [2.05, 4.69) is 25.6 Å². The maximum Gasteiger partial charge on any atom is 0.337 e. The number of thioether (sulfide) groups is 1. The van der Waals surface area contributed by atoms with Gasteiger partial charge in [-0.15, -0.1) is 5.10 Å². The largest absolute Gasteiger partial charge is 0.465 e. The van der Waals surface area contributed by atoms with Crippen LogP contribution in [0.4, 0.5) is 5.69 Å². The molecule has 0 saturated carbocycles. The molecule has 3 aromatic rings. The maximum atomic E-state index is 12.2. The van der Waals surface area contributed by atoms with E-state index in [4.69, 9.17) is 0 Å². The van der Waals surface area contributed by atoms with Crippen molar-refractivity contribution in [3.8, 4) is 5.69 Å². The van der Waals surface area contributed by atoms with Crippen LogP contribution < -0.4 is 5.32 Å². The minimum absolute atomic E-state index is 0.0743. The van der Waals surface area contributed by atoms with Crippen LogP contribution in [0.5, 0.6) is 0 Å². The summed E-state index contributed by atoms with van der Waals surface area (Å²) in [6, 6.07) is 13.3. The number of Topliss-reactive ketones (excluding diaryl/α,β-unsaturated/α-hetero) is 1. The molecule has 0 spiro atoms. The first-order valence-electron chi connectivity index (χ1n) is 8.48. The van der Waals surface area contributed by atoms with Crippen LogP contribution in [0.15, 0.2) is 53.7 Å². The Kier molecular flexibility index (Phi) is 6.35. The minimum atomic E-state index is -0.437. The molecule has 0 aliphatic rings. The number of methoxy groups -OCH3 is 1. The Morgan fingerprint density at radius 1 is 1.10 bits per heavy atom. The van der Waals surface area contributed by atoms with E-state index in [1.807, 2.05) is 0 Å². The smallest absolute Gasteiger partial charge is 0.337 e. The lowest BCUT2D eigenvalue weighted by Gasteiger charge is -2.07. The number of rotatable bonds is 7. The Balaban J connectivity index is 1.64. The first kappa shape index (κ1) is 20.2. The predicted octanol–water partition coefficient (Wildman–Crippen LogP) is 2.38. The molecule has 29 heavy (non-hydrogen) atoms. The highest BCUT2D eigenvalue weighted by Gasteiger charge is 2.13. The second kappa shape index (κ2) is 9.11. The zero-order valence-electron chi connectivity index (χ0n) is 15.7. The van der Waals surface area contributed by atoms with Crippen LogP contribution in [0.25, 0.3) is 5.69 Å². The number of ketones is 1. The third-order valence-electron chi connectivity index (χ3n) is 3.86. The van der Waals surface area contributed by atoms with Gasteiger partial charge in [0, 0.05) is 11.3 Å². The predicted molar refractivity (Wildman–Crippen MR) is 106 cm³/mol. The number of nitrogens with one attached hydrogen (secondary N) is 1. The van der Waals surface area contributed by atoms with Gasteiger partial charge in [-0.1, -0.05) is 23.9 Å². The Bertz CT molecular complexity index is 1050. The number of ether oxygens (including phenoxy) is 1. The highest BCUT2D eigenvalue weighted by atomic mass is 32.2. The van der Waals surface area contributed by atoms with E-state index in [0.29, 0.717) is 27.7 Å². The molecule has 9 nitrogen and oxygen atoms in total. The monoisotopic (exact) mass is 411 g/mol. The molecule has 2 aromatic carbocycles. The molecule has 0 aliphatic carbocycles. The molecule has 1 aromatic heterocycles. The van der Waals surface area contributed by atoms with E-state index in [0.717, 1.165) is 11.8 Å². The van der Waals surface area contributed by atoms with Crippen molar-refractivity contribution in [1.29, 1.82) is 0 Å². The summed E-state index contributed by atoms with van der Waals surface area (Å²) in [7, 11) is 1.31. The summed E-state index contributed by atoms with van der Waals surface area (Å²) in [4.78, 5) is 35.2. The van der Waals surface area contributed by atoms with Gasteiger partial charge in [0.25, 0.3) is 0 Å². The van der Waals surface area contributed by atoms with E-state index in [1.165, 1.54) is 18.7 Å². The summed E-state index contributed by atoms with van der Waals surface area (Å²) in [5.74, 6) is -0.696. The third-order valence-corrected chi connectivity index (χ3v) is 4.78. The number of carbonyl (C=O) groups excluding carboxylic acids is 3. The third kappa shape index (κ3) is 5.05. The number of anilines is 1. The van der Waals surface area contributed by atoms with E-state index in [1.54, 1.807) is 48.5 Å². The second-order valence-corrected chi connectivity index (χ2v) is 6.83. The average molecular weight is 411 g/mol. The van der Waals surface area contributed by atoms with E-state index < -0.39 is 5.97 Å². The van der Waals surface area contributed by atoms with Crippen molar-refractivity contribution >= 4 is 35.1 Å². The van der Waals surface area contributed by atoms with Crippen molar-refractivity contribution in [2.75, 3.05) is 18.2 Å². The van der Waals surface area contributed by atoms with Crippen LogP contribution in [0, 0.1) is 0 Å². The number of nitrogens with zero attached hydrogens (tertiary/aromatic N) is 4. The van der Waals surface area contributed by atoms with Crippen LogP contribution in [0.3, 0.4) is 0 Å². The number of tetrazole rings is 1. The molecule has 0 saturated heterocycles. The summed E-state index contributed by atoms with van der Waals surface area (Å²) >= 11 is 1.16. The van der Waals surface area contributed by atoms with Gasteiger partial charge in [0.15, 0.2) is 5.78 Å². The molecule has 0 bridgehead atoms. The van der Waals surface area contributed by atoms with Gasteiger partial charge in [-0.05, 0) is 53.7 Å². The number of esters is 1. The zero-order valence-corrected chi connectivity index (χ0v) is 16.5. The highest BCUT2D eigenvalue weighted by Crippen LogP contribution is 2.19. The minimum Gasteiger partial charge on any atom is -0.465 e. The summed E-state index contributed by atoms with van der Waals surface area (Å²) in [6.45, 7) is 1.47. The number of aromatic nitrogens is 4. The van der Waals surface area contributed by atoms with Crippen LogP contribution in [0.1, 0.15) is 27.6 Å². The molecule has 3 rings (SSSR count). The maximum absolute atomic E-state index is 12.2. The normalized spacial score (nSPS) is 10.4. The molecule has 10 heteroatoms. The Morgan fingerprint density at radius 2 is 1.86 bits per heavy atom. The standard InChI is InChI=1S/C19H17N5O4S/c1-12(25)14-4-3-5-15(10-14)20-17(26)11-29-19-21-22-23-24(19)16-8-6-13(7-9-16)18(27)28-2/h3-10H,11H2,1-2H3,(H,20,26). The average Bonchev–Trinajstić information content (AvgIpc) is 3.20. The molecule has 0 aliphatic heterocycles. The molecule has 1 amide bonds. The van der Waals surface area contributed by atoms with Gasteiger partial charge in [-0.25, -0.2) is 4.79 Å². The van der Waals surface area contributed by atoms with Crippen LogP contribution in [-0.4, -0.2) is 50.7 Å². The lowest BCUT2D eigenvalue weighted by Crippen LogP contribution is -2.15. The molecular weight excluding hydrogens is 394 g/mol. The molecule has 0 radical (unpaired) electrons. The van der Waals surface area contributed by atoms with Crippen molar-refractivity contribution in [2.45, 2.75) is 12.1 Å². The summed E-state index contributed by atoms with van der Waals surface area (Å²) < 4.78 is 6.14. The first-order valence-corrected chi connectivity index (χ1v) is 9.47. The highest BCUT2D eigenvalue weighted by molar-refractivity contribution is 7.99. The van der Waals surface area contributed by atoms with Crippen molar-refractivity contribution < 1.29 is 19.1 Å². The van der Waals surface area contributed by atoms with Crippen molar-refractivity contribution in [3.05, 3.63) is 59.7 Å². The summed E-state index contributed by atoms with van der Waals surface area (Å²) in [6.07, 6.45) is 0. The molecule has 148 valence electrons. The van der Waals surface area contributed by atoms with E-state index in [9.17, 15) is 14.4 Å². The Labute approximate surface area is 170 Å². The Morgan fingerprint density at radius 3 is 2.55 bits per heavy atom. The summed E-state index contributed by atoms with van der Waals surface area (Å²) in [5, 5.41) is 14.7. The number of hydrogen-bond donors (Lipinski definition) is 1. The quantitative estimate of drug-likeness (QED) is 0.358. The van der Waals surface area contributed by atoms with Gasteiger partial charge in [-0.2, -0.15) is 4.68 Å². The van der Waals surface area contributed by atoms with Crippen molar-refractivity contribution in [1.82, 2.24) is 20.2 Å². The van der Waals surface area contributed by atoms with Crippen molar-refractivity contribution in [3.63, 3.8) is 0 Å². The summed E-state index contributed by atoms with van der Waals surface area (Å²) in [5.41, 5.74) is 2.11. The van der Waals surface area contributed by atoms with Gasteiger partial charge in [0.05, 0.1) is 24.1 Å². The van der Waals surface area contributed by atoms with Crippen LogP contribution in [0.2, 0.25) is 0 Å². The Hall–Kier alpha value is -3.53. The molecule has 1 N–H and O–H groups in total. The van der Waals surface area contributed by atoms with Gasteiger partial charge in [0.1, 0.15) is 0 Å². The molecule has 0 atom stereocenters. The first-order chi connectivity index (χ1) is 14.0. The lowest BCUT2D eigenvalue weighted by molar-refractivity contribution is -0.113. The lowest BCUT2D eigenvalue weighted by atomic mass is 10.1. The number of carbonyl (C=O) groups is 3. The van der Waals surface area contributed by atoms with E-state index >= 15 is 0 Å². The zero-order chi connectivity index (χ0) is 20.8. The molecule has 1 heterocycles. The second-order valence-electron chi connectivity index (χ2n) is 5.89. The fourth-order valence-electron chi connectivity index (χ4n) is 2.43.